The molecule has 0 radical (unpaired) electrons. The third-order valence-electron chi connectivity index (χ3n) is 10.2. The monoisotopic (exact) mass is 953 g/mol. The number of hydrogen-bond donors (Lipinski definition) is 1. The minimum Gasteiger partial charge on any atom is -0.462 e. The molecular formula is C57H95NO8P+. The summed E-state index contributed by atoms with van der Waals surface area (Å²) in [5, 5.41) is 0. The number of carbonyl (C=O) groups is 2. The Labute approximate surface area is 409 Å². The van der Waals surface area contributed by atoms with Crippen molar-refractivity contribution in [1.82, 2.24) is 0 Å². The molecule has 0 aliphatic carbocycles. The van der Waals surface area contributed by atoms with Gasteiger partial charge in [0.2, 0.25) is 0 Å². The highest BCUT2D eigenvalue weighted by atomic mass is 31.2. The molecule has 0 spiro atoms. The number of hydrogen-bond acceptors (Lipinski definition) is 7. The topological polar surface area (TPSA) is 108 Å². The zero-order chi connectivity index (χ0) is 49.2. The summed E-state index contributed by atoms with van der Waals surface area (Å²) in [5.74, 6) is -0.877. The van der Waals surface area contributed by atoms with E-state index in [1.165, 1.54) is 32.1 Å². The van der Waals surface area contributed by atoms with Crippen molar-refractivity contribution in [2.75, 3.05) is 47.5 Å². The van der Waals surface area contributed by atoms with Crippen molar-refractivity contribution in [3.8, 4) is 0 Å². The Balaban J connectivity index is 4.40. The summed E-state index contributed by atoms with van der Waals surface area (Å²) in [6.07, 6.45) is 66.8. The van der Waals surface area contributed by atoms with Crippen LogP contribution in [-0.4, -0.2) is 74.9 Å². The first kappa shape index (κ1) is 63.4. The van der Waals surface area contributed by atoms with Crippen LogP contribution in [-0.2, 0) is 32.7 Å². The number of phosphoric ester groups is 1. The highest BCUT2D eigenvalue weighted by Gasteiger charge is 2.27. The standard InChI is InChI=1S/C57H94NO8P/c1-6-8-10-12-14-16-18-20-22-24-25-26-27-28-29-30-31-32-33-34-36-38-40-42-44-46-48-50-57(60)66-55(54-65-67(61,62)64-52-51-58(3,4)5)53-63-56(59)49-47-45-43-41-39-37-35-23-21-19-17-15-13-11-9-7-2/h8,10,14,16-17,19-20,22-23,25-26,28-29,31-32,34-36,40,42,55H,6-7,9,11-13,15,18,21,24,27,30,33,37-39,41,43-54H2,1-5H3/p+1/b10-8-,16-14-,19-17-,22-20-,26-25-,29-28-,32-31-,35-23-,36-34-,42-40-. The molecule has 380 valence electrons. The van der Waals surface area contributed by atoms with E-state index in [2.05, 4.69) is 135 Å². The highest BCUT2D eigenvalue weighted by Crippen LogP contribution is 2.43. The number of ether oxygens (including phenoxy) is 2. The minimum absolute atomic E-state index is 0.0133. The van der Waals surface area contributed by atoms with Gasteiger partial charge in [0.15, 0.2) is 6.10 Å². The van der Waals surface area contributed by atoms with Crippen LogP contribution in [0.25, 0.3) is 0 Å². The van der Waals surface area contributed by atoms with Crippen molar-refractivity contribution in [2.45, 2.75) is 180 Å². The fraction of sp³-hybridized carbons (Fsp3) is 0.614. The van der Waals surface area contributed by atoms with Crippen molar-refractivity contribution in [3.63, 3.8) is 0 Å². The fourth-order valence-electron chi connectivity index (χ4n) is 6.23. The van der Waals surface area contributed by atoms with Crippen LogP contribution >= 0.6 is 7.82 Å². The number of unbranched alkanes of at least 4 members (excludes halogenated alkanes) is 11. The summed E-state index contributed by atoms with van der Waals surface area (Å²) >= 11 is 0. The average Bonchev–Trinajstić information content (AvgIpc) is 3.29. The van der Waals surface area contributed by atoms with E-state index in [4.69, 9.17) is 18.5 Å². The molecule has 0 aromatic heterocycles. The number of likely N-dealkylation sites (N-methyl/N-ethyl adjacent to an activating group) is 1. The van der Waals surface area contributed by atoms with E-state index in [-0.39, 0.29) is 26.1 Å². The summed E-state index contributed by atoms with van der Waals surface area (Å²) in [7, 11) is 1.42. The molecular weight excluding hydrogens is 858 g/mol. The van der Waals surface area contributed by atoms with Crippen LogP contribution in [0.15, 0.2) is 122 Å². The molecule has 0 aromatic rings. The van der Waals surface area contributed by atoms with Gasteiger partial charge in [0.1, 0.15) is 19.8 Å². The molecule has 0 fully saturated rings. The zero-order valence-corrected chi connectivity index (χ0v) is 43.7. The van der Waals surface area contributed by atoms with E-state index < -0.39 is 32.5 Å². The lowest BCUT2D eigenvalue weighted by Gasteiger charge is -2.24. The molecule has 9 nitrogen and oxygen atoms in total. The summed E-state index contributed by atoms with van der Waals surface area (Å²) in [6.45, 7) is 4.20. The molecule has 67 heavy (non-hydrogen) atoms. The van der Waals surface area contributed by atoms with Crippen LogP contribution in [0.2, 0.25) is 0 Å². The summed E-state index contributed by atoms with van der Waals surface area (Å²) in [5.41, 5.74) is 0. The minimum atomic E-state index is -4.41. The molecule has 10 heteroatoms. The lowest BCUT2D eigenvalue weighted by atomic mass is 10.1. The second kappa shape index (κ2) is 47.5. The van der Waals surface area contributed by atoms with Gasteiger partial charge in [-0.1, -0.05) is 174 Å². The Morgan fingerprint density at radius 2 is 0.851 bits per heavy atom. The molecule has 0 heterocycles. The third kappa shape index (κ3) is 51.6. The smallest absolute Gasteiger partial charge is 0.462 e. The summed E-state index contributed by atoms with van der Waals surface area (Å²) in [4.78, 5) is 35.5. The average molecular weight is 953 g/mol. The van der Waals surface area contributed by atoms with Crippen molar-refractivity contribution in [1.29, 1.82) is 0 Å². The van der Waals surface area contributed by atoms with Crippen molar-refractivity contribution in [2.24, 2.45) is 0 Å². The van der Waals surface area contributed by atoms with E-state index in [0.717, 1.165) is 103 Å². The summed E-state index contributed by atoms with van der Waals surface area (Å²) in [6, 6.07) is 0. The molecule has 2 unspecified atom stereocenters. The number of esters is 2. The molecule has 0 saturated carbocycles. The Morgan fingerprint density at radius 3 is 1.30 bits per heavy atom. The predicted molar refractivity (Wildman–Crippen MR) is 284 cm³/mol. The van der Waals surface area contributed by atoms with Crippen LogP contribution in [0.1, 0.15) is 174 Å². The number of allylic oxidation sites excluding steroid dienone is 20. The lowest BCUT2D eigenvalue weighted by molar-refractivity contribution is -0.870. The van der Waals surface area contributed by atoms with E-state index >= 15 is 0 Å². The van der Waals surface area contributed by atoms with Crippen LogP contribution in [0.3, 0.4) is 0 Å². The van der Waals surface area contributed by atoms with Crippen LogP contribution in [0, 0.1) is 0 Å². The van der Waals surface area contributed by atoms with Gasteiger partial charge in [-0.3, -0.25) is 18.6 Å². The van der Waals surface area contributed by atoms with E-state index in [9.17, 15) is 19.0 Å². The molecule has 0 saturated heterocycles. The van der Waals surface area contributed by atoms with Gasteiger partial charge >= 0.3 is 19.8 Å². The van der Waals surface area contributed by atoms with E-state index in [1.807, 2.05) is 21.1 Å². The molecule has 2 atom stereocenters. The maximum Gasteiger partial charge on any atom is 0.472 e. The predicted octanol–water partition coefficient (Wildman–Crippen LogP) is 15.6. The first-order valence-corrected chi connectivity index (χ1v) is 27.3. The Kier molecular flexibility index (Phi) is 44.9. The summed E-state index contributed by atoms with van der Waals surface area (Å²) < 4.78 is 34.4. The Bertz CT molecular complexity index is 1540. The van der Waals surface area contributed by atoms with Gasteiger partial charge in [0, 0.05) is 12.8 Å². The van der Waals surface area contributed by atoms with Crippen molar-refractivity contribution < 1.29 is 42.1 Å². The largest absolute Gasteiger partial charge is 0.472 e. The van der Waals surface area contributed by atoms with Gasteiger partial charge in [-0.05, 0) is 109 Å². The maximum absolute atomic E-state index is 12.8. The van der Waals surface area contributed by atoms with Gasteiger partial charge < -0.3 is 18.9 Å². The highest BCUT2D eigenvalue weighted by molar-refractivity contribution is 7.47. The molecule has 0 aliphatic rings. The van der Waals surface area contributed by atoms with Gasteiger partial charge in [-0.25, -0.2) is 4.57 Å². The molecule has 1 N–H and O–H groups in total. The van der Waals surface area contributed by atoms with Gasteiger partial charge in [0.05, 0.1) is 27.7 Å². The number of phosphoric acid groups is 1. The molecule has 0 amide bonds. The Morgan fingerprint density at radius 1 is 0.478 bits per heavy atom. The number of carbonyl (C=O) groups excluding carboxylic acids is 2. The maximum atomic E-state index is 12.8. The second-order valence-corrected chi connectivity index (χ2v) is 19.3. The van der Waals surface area contributed by atoms with Gasteiger partial charge in [-0.15, -0.1) is 0 Å². The van der Waals surface area contributed by atoms with Gasteiger partial charge in [-0.2, -0.15) is 0 Å². The normalized spacial score (nSPS) is 14.4. The third-order valence-corrected chi connectivity index (χ3v) is 11.2. The number of quaternary nitrogens is 1. The second-order valence-electron chi connectivity index (χ2n) is 17.8. The van der Waals surface area contributed by atoms with Crippen molar-refractivity contribution >= 4 is 19.8 Å². The van der Waals surface area contributed by atoms with Crippen LogP contribution in [0.4, 0.5) is 0 Å². The van der Waals surface area contributed by atoms with Crippen LogP contribution in [0.5, 0.6) is 0 Å². The molecule has 0 rings (SSSR count). The fourth-order valence-corrected chi connectivity index (χ4v) is 6.98. The molecule has 0 bridgehead atoms. The SMILES string of the molecule is CC/C=C\C/C=C\C/C=C\C/C=C\C/C=C\C/C=C\C/C=C\C/C=C\CCCCC(=O)OC(COC(=O)CCCCCCC/C=C\C/C=C\CCCCCC)COP(=O)(O)OCC[N+](C)(C)C. The first-order valence-electron chi connectivity index (χ1n) is 25.8. The zero-order valence-electron chi connectivity index (χ0n) is 42.8. The number of nitrogens with zero attached hydrogens (tertiary/aromatic N) is 1. The lowest BCUT2D eigenvalue weighted by Crippen LogP contribution is -2.37. The number of rotatable bonds is 45. The quantitative estimate of drug-likeness (QED) is 0.0211. The van der Waals surface area contributed by atoms with E-state index in [1.54, 1.807) is 0 Å². The molecule has 0 aliphatic heterocycles. The van der Waals surface area contributed by atoms with Gasteiger partial charge in [0.25, 0.3) is 0 Å². The molecule has 0 aromatic carbocycles. The van der Waals surface area contributed by atoms with Crippen molar-refractivity contribution in [3.05, 3.63) is 122 Å². The van der Waals surface area contributed by atoms with Crippen LogP contribution < -0.4 is 0 Å². The van der Waals surface area contributed by atoms with E-state index in [0.29, 0.717) is 23.9 Å². The Hall–Kier alpha value is -3.59. The first-order chi connectivity index (χ1) is 32.5.